The number of aromatic hydroxyl groups is 2. The molecule has 1 fully saturated rings. The number of fused-ring (bicyclic) bond motifs is 8. The molecule has 48 heavy (non-hydrogen) atoms. The van der Waals surface area contributed by atoms with Crippen LogP contribution in [-0.4, -0.2) is 84.0 Å². The van der Waals surface area contributed by atoms with Crippen LogP contribution in [0.3, 0.4) is 0 Å². The Morgan fingerprint density at radius 3 is 2.25 bits per heavy atom. The zero-order valence-electron chi connectivity index (χ0n) is 28.3. The Kier molecular flexibility index (Phi) is 7.68. The fraction of sp³-hybridized carbons (Fsp3) is 0.405. The molecular formula is C37H41N5O6. The summed E-state index contributed by atoms with van der Waals surface area (Å²) in [6.45, 7) is 5.93. The summed E-state index contributed by atoms with van der Waals surface area (Å²) in [6, 6.07) is 9.99. The summed E-state index contributed by atoms with van der Waals surface area (Å²) in [5.41, 5.74) is 7.01. The Labute approximate surface area is 279 Å². The number of rotatable bonds is 6. The second-order valence-electron chi connectivity index (χ2n) is 13.1. The van der Waals surface area contributed by atoms with Crippen LogP contribution in [0.1, 0.15) is 61.5 Å². The highest BCUT2D eigenvalue weighted by Crippen LogP contribution is 2.57. The summed E-state index contributed by atoms with van der Waals surface area (Å²) in [5.74, 6) is 1.09. The van der Waals surface area contributed by atoms with Crippen molar-refractivity contribution in [3.63, 3.8) is 0 Å². The summed E-state index contributed by atoms with van der Waals surface area (Å²) in [7, 11) is 6.67. The van der Waals surface area contributed by atoms with Gasteiger partial charge in [-0.25, -0.2) is 0 Å². The smallest absolute Gasteiger partial charge is 0.267 e. The van der Waals surface area contributed by atoms with Gasteiger partial charge in [0.2, 0.25) is 0 Å². The molecule has 4 N–H and O–H groups in total. The lowest BCUT2D eigenvalue weighted by atomic mass is 9.70. The number of aromatic nitrogens is 1. The van der Waals surface area contributed by atoms with Gasteiger partial charge in [-0.2, -0.15) is 5.26 Å². The average molecular weight is 652 g/mol. The first-order valence-corrected chi connectivity index (χ1v) is 16.2. The first kappa shape index (κ1) is 31.7. The van der Waals surface area contributed by atoms with E-state index in [1.54, 1.807) is 14.2 Å². The number of para-hydroxylation sites is 1. The van der Waals surface area contributed by atoms with E-state index in [0.29, 0.717) is 41.2 Å². The maximum Gasteiger partial charge on any atom is 0.267 e. The summed E-state index contributed by atoms with van der Waals surface area (Å²) in [6.07, 6.45) is 0.957. The first-order chi connectivity index (χ1) is 23.1. The number of carbonyl (C=O) groups is 1. The average Bonchev–Trinajstić information content (AvgIpc) is 3.51. The van der Waals surface area contributed by atoms with Gasteiger partial charge < -0.3 is 34.7 Å². The molecule has 0 radical (unpaired) electrons. The van der Waals surface area contributed by atoms with E-state index in [1.807, 2.05) is 58.2 Å². The van der Waals surface area contributed by atoms with Gasteiger partial charge in [0, 0.05) is 51.8 Å². The molecule has 3 aliphatic rings. The topological polar surface area (TPSA) is 143 Å². The summed E-state index contributed by atoms with van der Waals surface area (Å²) in [4.78, 5) is 21.2. The number of hydrogen-bond acceptors (Lipinski definition) is 9. The second kappa shape index (κ2) is 11.6. The molecule has 11 nitrogen and oxygen atoms in total. The van der Waals surface area contributed by atoms with Crippen molar-refractivity contribution in [1.82, 2.24) is 20.1 Å². The van der Waals surface area contributed by atoms with Gasteiger partial charge in [-0.05, 0) is 69.5 Å². The van der Waals surface area contributed by atoms with Crippen LogP contribution in [0.15, 0.2) is 30.3 Å². The van der Waals surface area contributed by atoms with Crippen molar-refractivity contribution in [1.29, 1.82) is 5.26 Å². The lowest BCUT2D eigenvalue weighted by Gasteiger charge is -2.60. The molecule has 1 saturated heterocycles. The third-order valence-corrected chi connectivity index (χ3v) is 11.1. The maximum absolute atomic E-state index is 13.7. The van der Waals surface area contributed by atoms with E-state index in [-0.39, 0.29) is 47.8 Å². The van der Waals surface area contributed by atoms with Gasteiger partial charge in [0.05, 0.1) is 39.5 Å². The van der Waals surface area contributed by atoms with Gasteiger partial charge in [-0.3, -0.25) is 14.6 Å². The number of piperazine rings is 1. The number of likely N-dealkylation sites (N-methyl/N-ethyl adjacent to an activating group) is 1. The molecule has 3 aromatic carbocycles. The summed E-state index contributed by atoms with van der Waals surface area (Å²) < 4.78 is 17.4. The highest BCUT2D eigenvalue weighted by Gasteiger charge is 2.56. The van der Waals surface area contributed by atoms with E-state index in [0.717, 1.165) is 38.7 Å². The maximum atomic E-state index is 13.7. The molecule has 1 aromatic heterocycles. The van der Waals surface area contributed by atoms with Crippen LogP contribution in [0.4, 0.5) is 0 Å². The van der Waals surface area contributed by atoms with Crippen molar-refractivity contribution in [2.45, 2.75) is 63.8 Å². The molecule has 2 bridgehead atoms. The van der Waals surface area contributed by atoms with Crippen molar-refractivity contribution in [3.8, 4) is 34.8 Å². The molecule has 0 saturated carbocycles. The summed E-state index contributed by atoms with van der Waals surface area (Å²) >= 11 is 0. The van der Waals surface area contributed by atoms with Gasteiger partial charge in [-0.15, -0.1) is 0 Å². The highest BCUT2D eigenvalue weighted by atomic mass is 16.5. The van der Waals surface area contributed by atoms with Crippen molar-refractivity contribution in [2.75, 3.05) is 34.9 Å². The number of H-pyrrole nitrogens is 1. The predicted octanol–water partition coefficient (Wildman–Crippen LogP) is 4.73. The largest absolute Gasteiger partial charge is 0.504 e. The first-order valence-electron chi connectivity index (χ1n) is 16.2. The lowest BCUT2D eigenvalue weighted by molar-refractivity contribution is -0.0723. The fourth-order valence-electron chi connectivity index (χ4n) is 8.83. The van der Waals surface area contributed by atoms with E-state index in [2.05, 4.69) is 26.2 Å². The number of carbonyl (C=O) groups excluding carboxylic acids is 1. The highest BCUT2D eigenvalue weighted by molar-refractivity contribution is 5.98. The Morgan fingerprint density at radius 1 is 0.938 bits per heavy atom. The molecule has 4 aromatic rings. The summed E-state index contributed by atoms with van der Waals surface area (Å²) in [5, 5.41) is 38.6. The van der Waals surface area contributed by atoms with E-state index >= 15 is 0 Å². The minimum absolute atomic E-state index is 0.0359. The Balaban J connectivity index is 1.41. The van der Waals surface area contributed by atoms with Crippen LogP contribution < -0.4 is 19.5 Å². The van der Waals surface area contributed by atoms with E-state index < -0.39 is 12.1 Å². The van der Waals surface area contributed by atoms with Crippen molar-refractivity contribution < 1.29 is 29.2 Å². The molecule has 3 aliphatic heterocycles. The van der Waals surface area contributed by atoms with Gasteiger partial charge in [0.25, 0.3) is 5.91 Å². The van der Waals surface area contributed by atoms with Gasteiger partial charge >= 0.3 is 0 Å². The zero-order valence-corrected chi connectivity index (χ0v) is 28.3. The van der Waals surface area contributed by atoms with E-state index in [9.17, 15) is 20.3 Å². The number of phenolic OH excluding ortho intramolecular Hbond substituents is 2. The second-order valence-corrected chi connectivity index (χ2v) is 13.1. The van der Waals surface area contributed by atoms with Crippen LogP contribution in [0.25, 0.3) is 10.9 Å². The molecular weight excluding hydrogens is 610 g/mol. The third-order valence-electron chi connectivity index (χ3n) is 11.1. The zero-order chi connectivity index (χ0) is 34.2. The molecule has 0 spiro atoms. The molecule has 4 heterocycles. The minimum Gasteiger partial charge on any atom is -0.504 e. The molecule has 11 heteroatoms. The lowest BCUT2D eigenvalue weighted by Crippen LogP contribution is -2.68. The van der Waals surface area contributed by atoms with Crippen LogP contribution in [-0.2, 0) is 12.8 Å². The number of nitriles is 1. The Morgan fingerprint density at radius 2 is 1.58 bits per heavy atom. The number of nitrogens with zero attached hydrogens (tertiary/aromatic N) is 3. The Hall–Kier alpha value is -4.92. The monoisotopic (exact) mass is 651 g/mol. The van der Waals surface area contributed by atoms with Gasteiger partial charge in [-0.1, -0.05) is 18.2 Å². The van der Waals surface area contributed by atoms with E-state index in [4.69, 9.17) is 14.2 Å². The fourth-order valence-corrected chi connectivity index (χ4v) is 8.83. The van der Waals surface area contributed by atoms with E-state index in [1.165, 1.54) is 7.11 Å². The van der Waals surface area contributed by atoms with Crippen LogP contribution in [0.2, 0.25) is 0 Å². The molecule has 5 atom stereocenters. The third kappa shape index (κ3) is 4.36. The van der Waals surface area contributed by atoms with Crippen LogP contribution in [0.5, 0.6) is 28.7 Å². The Bertz CT molecular complexity index is 1980. The number of amides is 1. The standard InChI is InChI=1S/C37H41N5O6/c1-17-18(2)35(47-6)33(44)30-21(17)13-25-27(15-38)42-26(31(30)41(25)4)14-22-29(32(43)36(48-7)19(3)34(22)46-5)28(42)16-39-37(45)24-12-20-10-8-9-11-23(20)40-24/h8-12,25-28,31,40,43-44H,13-14,16H2,1-7H3,(H,39,45)/t25-,26-,27-,28-,31-/m0/s1. The molecule has 7 rings (SSSR count). The molecule has 0 aliphatic carbocycles. The molecule has 0 unspecified atom stereocenters. The van der Waals surface area contributed by atoms with Crippen molar-refractivity contribution in [3.05, 3.63) is 75.0 Å². The predicted molar refractivity (Wildman–Crippen MR) is 180 cm³/mol. The van der Waals surface area contributed by atoms with Crippen LogP contribution in [0, 0.1) is 32.1 Å². The van der Waals surface area contributed by atoms with Gasteiger partial charge in [0.15, 0.2) is 23.0 Å². The number of benzene rings is 3. The number of aromatic amines is 1. The number of ether oxygens (including phenoxy) is 3. The van der Waals surface area contributed by atoms with Gasteiger partial charge in [0.1, 0.15) is 17.5 Å². The molecule has 250 valence electrons. The SMILES string of the molecule is COc1c(C)c(C)c2c(c1O)[C@@H]1[C@@H]3Cc4c(OC)c(C)c(OC)c(O)c4[C@H](CNC(=O)c4cc5ccccc5[nH]4)N3[C@@H](C#N)[C@H](C2)N1C. The number of hydrogen-bond donors (Lipinski definition) is 4. The minimum atomic E-state index is -0.629. The normalized spacial score (nSPS) is 23.1. The quantitative estimate of drug-likeness (QED) is 0.233. The molecule has 1 amide bonds. The van der Waals surface area contributed by atoms with Crippen molar-refractivity contribution >= 4 is 16.8 Å². The number of methoxy groups -OCH3 is 3. The van der Waals surface area contributed by atoms with Crippen LogP contribution >= 0.6 is 0 Å². The number of phenols is 2. The number of nitrogens with one attached hydrogen (secondary N) is 2. The van der Waals surface area contributed by atoms with Crippen molar-refractivity contribution in [2.24, 2.45) is 0 Å².